The van der Waals surface area contributed by atoms with Gasteiger partial charge in [-0.2, -0.15) is 0 Å². The summed E-state index contributed by atoms with van der Waals surface area (Å²) in [5.41, 5.74) is 2.79. The molecule has 1 aromatic heterocycles. The predicted molar refractivity (Wildman–Crippen MR) is 64.9 cm³/mol. The minimum atomic E-state index is -0.934. The van der Waals surface area contributed by atoms with E-state index in [1.54, 1.807) is 24.7 Å². The predicted octanol–water partition coefficient (Wildman–Crippen LogP) is 1.95. The normalized spacial score (nSPS) is 13.2. The number of imidazole rings is 1. The molecular weight excluding hydrogens is 232 g/mol. The van der Waals surface area contributed by atoms with Crippen LogP contribution in [0.25, 0.3) is 11.3 Å². The number of ether oxygens (including phenoxy) is 1. The molecule has 0 saturated carbocycles. The Balaban J connectivity index is 2.28. The maximum Gasteiger partial charge on any atom is 0.335 e. The van der Waals surface area contributed by atoms with E-state index in [0.29, 0.717) is 13.2 Å². The maximum absolute atomic E-state index is 11.1. The molecule has 0 fully saturated rings. The van der Waals surface area contributed by atoms with E-state index < -0.39 is 5.97 Å². The van der Waals surface area contributed by atoms with Gasteiger partial charge in [-0.15, -0.1) is 0 Å². The number of hydrogen-bond acceptors (Lipinski definition) is 3. The Hall–Kier alpha value is -2.30. The summed E-state index contributed by atoms with van der Waals surface area (Å²) in [6.07, 6.45) is 3.47. The Morgan fingerprint density at radius 2 is 2.33 bits per heavy atom. The molecule has 0 saturated heterocycles. The van der Waals surface area contributed by atoms with Crippen LogP contribution in [0, 0.1) is 6.92 Å². The molecular formula is C13H12N2O3. The lowest BCUT2D eigenvalue weighted by Crippen LogP contribution is -2.04. The molecule has 0 unspecified atom stereocenters. The smallest absolute Gasteiger partial charge is 0.335 e. The van der Waals surface area contributed by atoms with Crippen LogP contribution in [-0.4, -0.2) is 27.2 Å². The van der Waals surface area contributed by atoms with Gasteiger partial charge in [0.1, 0.15) is 12.4 Å². The van der Waals surface area contributed by atoms with Crippen LogP contribution in [0.5, 0.6) is 5.75 Å². The third-order valence-corrected chi connectivity index (χ3v) is 3.09. The molecule has 5 nitrogen and oxygen atoms in total. The van der Waals surface area contributed by atoms with Crippen molar-refractivity contribution in [3.63, 3.8) is 0 Å². The minimum Gasteiger partial charge on any atom is -0.491 e. The van der Waals surface area contributed by atoms with Crippen molar-refractivity contribution in [3.05, 3.63) is 35.8 Å². The third kappa shape index (κ3) is 1.55. The Morgan fingerprint density at radius 3 is 3.11 bits per heavy atom. The Labute approximate surface area is 104 Å². The standard InChI is InChI=1S/C13H12N2O3/c1-8-4-9(13(16)17)5-10-11-6-14-7-15(11)2-3-18-12(8)10/h4-7H,2-3H2,1H3,(H,16,17). The summed E-state index contributed by atoms with van der Waals surface area (Å²) in [6, 6.07) is 3.27. The molecule has 3 rings (SSSR count). The van der Waals surface area contributed by atoms with Crippen LogP contribution in [0.15, 0.2) is 24.7 Å². The summed E-state index contributed by atoms with van der Waals surface area (Å²) in [4.78, 5) is 15.2. The van der Waals surface area contributed by atoms with Gasteiger partial charge in [-0.3, -0.25) is 0 Å². The Morgan fingerprint density at radius 1 is 1.50 bits per heavy atom. The molecule has 1 aliphatic rings. The van der Waals surface area contributed by atoms with Gasteiger partial charge in [-0.05, 0) is 24.6 Å². The molecule has 0 amide bonds. The highest BCUT2D eigenvalue weighted by Gasteiger charge is 2.19. The fourth-order valence-corrected chi connectivity index (χ4v) is 2.25. The number of aromatic nitrogens is 2. The van der Waals surface area contributed by atoms with Crippen molar-refractivity contribution >= 4 is 5.97 Å². The number of carboxylic acid groups (broad SMARTS) is 1. The van der Waals surface area contributed by atoms with Crippen molar-refractivity contribution in [2.75, 3.05) is 6.61 Å². The summed E-state index contributed by atoms with van der Waals surface area (Å²) >= 11 is 0. The van der Waals surface area contributed by atoms with Crippen LogP contribution in [0.1, 0.15) is 15.9 Å². The quantitative estimate of drug-likeness (QED) is 0.832. The lowest BCUT2D eigenvalue weighted by molar-refractivity contribution is 0.0697. The SMILES string of the molecule is Cc1cc(C(=O)O)cc2c1OCCn1cncc1-2. The van der Waals surface area contributed by atoms with Crippen LogP contribution in [-0.2, 0) is 6.54 Å². The summed E-state index contributed by atoms with van der Waals surface area (Å²) in [6.45, 7) is 3.13. The highest BCUT2D eigenvalue weighted by Crippen LogP contribution is 2.35. The van der Waals surface area contributed by atoms with Crippen LogP contribution < -0.4 is 4.74 Å². The molecule has 1 aliphatic heterocycles. The molecule has 18 heavy (non-hydrogen) atoms. The second-order valence-electron chi connectivity index (χ2n) is 4.30. The molecule has 1 aromatic carbocycles. The number of benzene rings is 1. The molecule has 0 spiro atoms. The second-order valence-corrected chi connectivity index (χ2v) is 4.30. The highest BCUT2D eigenvalue weighted by molar-refractivity contribution is 5.91. The zero-order valence-electron chi connectivity index (χ0n) is 9.88. The largest absolute Gasteiger partial charge is 0.491 e. The summed E-state index contributed by atoms with van der Waals surface area (Å²) in [5.74, 6) is -0.185. The number of fused-ring (bicyclic) bond motifs is 3. The van der Waals surface area contributed by atoms with Crippen molar-refractivity contribution < 1.29 is 14.6 Å². The van der Waals surface area contributed by atoms with Gasteiger partial charge < -0.3 is 14.4 Å². The van der Waals surface area contributed by atoms with E-state index in [1.807, 2.05) is 11.5 Å². The summed E-state index contributed by atoms with van der Waals surface area (Å²) in [7, 11) is 0. The molecule has 0 bridgehead atoms. The van der Waals surface area contributed by atoms with Crippen LogP contribution >= 0.6 is 0 Å². The van der Waals surface area contributed by atoms with E-state index in [9.17, 15) is 4.79 Å². The van der Waals surface area contributed by atoms with Crippen molar-refractivity contribution in [3.8, 4) is 17.0 Å². The van der Waals surface area contributed by atoms with Crippen LogP contribution in [0.2, 0.25) is 0 Å². The first kappa shape index (κ1) is 10.8. The lowest BCUT2D eigenvalue weighted by Gasteiger charge is -2.11. The molecule has 92 valence electrons. The van der Waals surface area contributed by atoms with Gasteiger partial charge in [-0.1, -0.05) is 0 Å². The second kappa shape index (κ2) is 3.87. The molecule has 1 N–H and O–H groups in total. The van der Waals surface area contributed by atoms with E-state index in [2.05, 4.69) is 4.98 Å². The van der Waals surface area contributed by atoms with Crippen molar-refractivity contribution in [2.45, 2.75) is 13.5 Å². The third-order valence-electron chi connectivity index (χ3n) is 3.09. The molecule has 2 aromatic rings. The molecule has 5 heteroatoms. The van der Waals surface area contributed by atoms with Crippen molar-refractivity contribution in [2.24, 2.45) is 0 Å². The number of hydrogen-bond donors (Lipinski definition) is 1. The number of nitrogens with zero attached hydrogens (tertiary/aromatic N) is 2. The maximum atomic E-state index is 11.1. The zero-order valence-corrected chi connectivity index (χ0v) is 9.88. The van der Waals surface area contributed by atoms with E-state index in [0.717, 1.165) is 22.6 Å². The Kier molecular flexibility index (Phi) is 2.33. The van der Waals surface area contributed by atoms with Gasteiger partial charge in [-0.25, -0.2) is 9.78 Å². The molecule has 0 atom stereocenters. The van der Waals surface area contributed by atoms with Gasteiger partial charge in [0.2, 0.25) is 0 Å². The fraction of sp³-hybridized carbons (Fsp3) is 0.231. The lowest BCUT2D eigenvalue weighted by atomic mass is 10.0. The van der Waals surface area contributed by atoms with E-state index in [4.69, 9.17) is 9.84 Å². The van der Waals surface area contributed by atoms with Gasteiger partial charge in [0.05, 0.1) is 30.3 Å². The first-order chi connectivity index (χ1) is 8.66. The number of carbonyl (C=O) groups is 1. The molecule has 2 heterocycles. The van der Waals surface area contributed by atoms with Gasteiger partial charge in [0, 0.05) is 5.56 Å². The fourth-order valence-electron chi connectivity index (χ4n) is 2.25. The average molecular weight is 244 g/mol. The zero-order chi connectivity index (χ0) is 12.7. The van der Waals surface area contributed by atoms with Gasteiger partial charge in [0.25, 0.3) is 0 Å². The van der Waals surface area contributed by atoms with Crippen LogP contribution in [0.3, 0.4) is 0 Å². The monoisotopic (exact) mass is 244 g/mol. The summed E-state index contributed by atoms with van der Waals surface area (Å²) in [5, 5.41) is 9.12. The average Bonchev–Trinajstić information content (AvgIpc) is 2.72. The molecule has 0 aliphatic carbocycles. The van der Waals surface area contributed by atoms with E-state index in [1.165, 1.54) is 0 Å². The topological polar surface area (TPSA) is 64.3 Å². The minimum absolute atomic E-state index is 0.268. The number of carboxylic acids is 1. The number of aryl methyl sites for hydroxylation is 1. The van der Waals surface area contributed by atoms with Crippen molar-refractivity contribution in [1.29, 1.82) is 0 Å². The van der Waals surface area contributed by atoms with Crippen molar-refractivity contribution in [1.82, 2.24) is 9.55 Å². The van der Waals surface area contributed by atoms with E-state index >= 15 is 0 Å². The summed E-state index contributed by atoms with van der Waals surface area (Å²) < 4.78 is 7.68. The van der Waals surface area contributed by atoms with Gasteiger partial charge in [0.15, 0.2) is 0 Å². The highest BCUT2D eigenvalue weighted by atomic mass is 16.5. The first-order valence-corrected chi connectivity index (χ1v) is 5.68. The number of rotatable bonds is 1. The Bertz CT molecular complexity index is 631. The van der Waals surface area contributed by atoms with Gasteiger partial charge >= 0.3 is 5.97 Å². The number of aromatic carboxylic acids is 1. The van der Waals surface area contributed by atoms with Crippen LogP contribution in [0.4, 0.5) is 0 Å². The van der Waals surface area contributed by atoms with E-state index in [-0.39, 0.29) is 5.56 Å². The molecule has 0 radical (unpaired) electrons. The first-order valence-electron chi connectivity index (χ1n) is 5.68.